The zero-order valence-electron chi connectivity index (χ0n) is 13.5. The van der Waals surface area contributed by atoms with E-state index in [0.717, 1.165) is 17.1 Å². The molecule has 0 radical (unpaired) electrons. The van der Waals surface area contributed by atoms with Crippen LogP contribution in [0.1, 0.15) is 11.3 Å². The number of rotatable bonds is 4. The van der Waals surface area contributed by atoms with Crippen LogP contribution in [-0.4, -0.2) is 21.7 Å². The second kappa shape index (κ2) is 6.49. The first-order valence-electron chi connectivity index (χ1n) is 7.54. The van der Waals surface area contributed by atoms with Gasteiger partial charge in [-0.25, -0.2) is 13.5 Å². The fourth-order valence-corrected chi connectivity index (χ4v) is 2.72. The summed E-state index contributed by atoms with van der Waals surface area (Å²) in [5.74, 6) is -1.21. The van der Waals surface area contributed by atoms with E-state index in [0.29, 0.717) is 10.9 Å². The molecule has 24 heavy (non-hydrogen) atoms. The molecule has 1 heterocycles. The second-order valence-corrected chi connectivity index (χ2v) is 5.83. The van der Waals surface area contributed by atoms with Crippen molar-refractivity contribution in [1.82, 2.24) is 14.7 Å². The zero-order chi connectivity index (χ0) is 17.3. The Morgan fingerprint density at radius 1 is 1.12 bits per heavy atom. The van der Waals surface area contributed by atoms with E-state index in [4.69, 9.17) is 0 Å². The maximum Gasteiger partial charge on any atom is 0.275 e. The highest BCUT2D eigenvalue weighted by molar-refractivity contribution is 5.83. The van der Waals surface area contributed by atoms with Crippen molar-refractivity contribution in [2.75, 3.05) is 7.05 Å². The molecule has 0 spiro atoms. The van der Waals surface area contributed by atoms with Gasteiger partial charge in [-0.15, -0.1) is 0 Å². The smallest absolute Gasteiger partial charge is 0.275 e. The van der Waals surface area contributed by atoms with Gasteiger partial charge >= 0.3 is 0 Å². The Balaban J connectivity index is 1.87. The molecule has 0 saturated carbocycles. The van der Waals surface area contributed by atoms with Gasteiger partial charge in [0.15, 0.2) is 0 Å². The van der Waals surface area contributed by atoms with Gasteiger partial charge in [0, 0.05) is 23.6 Å². The topological polar surface area (TPSA) is 38.1 Å². The Bertz CT molecular complexity index is 953. The molecule has 0 aliphatic rings. The van der Waals surface area contributed by atoms with Crippen LogP contribution in [0.5, 0.6) is 0 Å². The number of aryl methyl sites for hydroxylation is 1. The van der Waals surface area contributed by atoms with Crippen molar-refractivity contribution < 1.29 is 8.78 Å². The van der Waals surface area contributed by atoms with E-state index in [9.17, 15) is 13.6 Å². The third-order valence-electron chi connectivity index (χ3n) is 3.88. The van der Waals surface area contributed by atoms with Gasteiger partial charge < -0.3 is 0 Å². The predicted molar refractivity (Wildman–Crippen MR) is 88.6 cm³/mol. The number of fused-ring (bicyclic) bond motifs is 1. The molecule has 3 rings (SSSR count). The largest absolute Gasteiger partial charge is 0.283 e. The third kappa shape index (κ3) is 3.19. The van der Waals surface area contributed by atoms with Crippen molar-refractivity contribution in [3.8, 4) is 0 Å². The number of halogens is 2. The van der Waals surface area contributed by atoms with E-state index >= 15 is 0 Å². The van der Waals surface area contributed by atoms with Crippen LogP contribution in [0.25, 0.3) is 10.8 Å². The highest BCUT2D eigenvalue weighted by atomic mass is 19.1. The summed E-state index contributed by atoms with van der Waals surface area (Å²) in [4.78, 5) is 14.3. The average molecular weight is 329 g/mol. The van der Waals surface area contributed by atoms with Crippen LogP contribution in [0.4, 0.5) is 8.78 Å². The van der Waals surface area contributed by atoms with Crippen LogP contribution in [-0.2, 0) is 13.2 Å². The van der Waals surface area contributed by atoms with E-state index in [2.05, 4.69) is 5.10 Å². The van der Waals surface area contributed by atoms with E-state index in [1.807, 2.05) is 25.1 Å². The molecule has 1 aromatic heterocycles. The van der Waals surface area contributed by atoms with E-state index < -0.39 is 11.6 Å². The second-order valence-electron chi connectivity index (χ2n) is 5.83. The molecule has 0 amide bonds. The Morgan fingerprint density at radius 2 is 1.83 bits per heavy atom. The fourth-order valence-electron chi connectivity index (χ4n) is 2.72. The lowest BCUT2D eigenvalue weighted by Crippen LogP contribution is -2.32. The lowest BCUT2D eigenvalue weighted by atomic mass is 10.1. The molecule has 4 nitrogen and oxygen atoms in total. The number of benzene rings is 2. The summed E-state index contributed by atoms with van der Waals surface area (Å²) in [7, 11) is 1.75. The minimum Gasteiger partial charge on any atom is -0.283 e. The summed E-state index contributed by atoms with van der Waals surface area (Å²) in [5.41, 5.74) is 0.929. The first-order valence-corrected chi connectivity index (χ1v) is 7.54. The van der Waals surface area contributed by atoms with Gasteiger partial charge in [0.2, 0.25) is 0 Å². The van der Waals surface area contributed by atoms with Crippen LogP contribution < -0.4 is 5.56 Å². The van der Waals surface area contributed by atoms with Gasteiger partial charge in [-0.1, -0.05) is 24.3 Å². The van der Waals surface area contributed by atoms with E-state index in [-0.39, 0.29) is 18.8 Å². The molecule has 2 aromatic carbocycles. The Kier molecular flexibility index (Phi) is 4.40. The maximum atomic E-state index is 13.8. The summed E-state index contributed by atoms with van der Waals surface area (Å²) >= 11 is 0. The highest BCUT2D eigenvalue weighted by Crippen LogP contribution is 2.13. The van der Waals surface area contributed by atoms with Gasteiger partial charge in [0.05, 0.1) is 17.7 Å². The van der Waals surface area contributed by atoms with Crippen LogP contribution in [0.2, 0.25) is 0 Å². The molecule has 0 aliphatic carbocycles. The van der Waals surface area contributed by atoms with Gasteiger partial charge in [0.25, 0.3) is 5.56 Å². The summed E-state index contributed by atoms with van der Waals surface area (Å²) in [6.45, 7) is 2.30. The Labute approximate surface area is 138 Å². The molecule has 0 saturated heterocycles. The molecule has 0 atom stereocenters. The highest BCUT2D eigenvalue weighted by Gasteiger charge is 2.11. The summed E-state index contributed by atoms with van der Waals surface area (Å²) in [6, 6.07) is 10.8. The minimum absolute atomic E-state index is 0.192. The van der Waals surface area contributed by atoms with Crippen molar-refractivity contribution >= 4 is 10.8 Å². The Morgan fingerprint density at radius 3 is 2.54 bits per heavy atom. The average Bonchev–Trinajstić information content (AvgIpc) is 2.55. The Hall–Kier alpha value is -2.60. The zero-order valence-corrected chi connectivity index (χ0v) is 13.5. The molecule has 3 aromatic rings. The summed E-state index contributed by atoms with van der Waals surface area (Å²) in [5, 5.41) is 5.76. The monoisotopic (exact) mass is 329 g/mol. The first-order chi connectivity index (χ1) is 11.5. The van der Waals surface area contributed by atoms with Gasteiger partial charge in [-0.3, -0.25) is 9.69 Å². The molecular weight excluding hydrogens is 312 g/mol. The van der Waals surface area contributed by atoms with Crippen molar-refractivity contribution in [2.45, 2.75) is 20.1 Å². The quantitative estimate of drug-likeness (QED) is 0.738. The van der Waals surface area contributed by atoms with Crippen LogP contribution >= 0.6 is 0 Å². The van der Waals surface area contributed by atoms with Crippen LogP contribution in [0.3, 0.4) is 0 Å². The third-order valence-corrected chi connectivity index (χ3v) is 3.88. The molecule has 0 bridgehead atoms. The number of hydrogen-bond donors (Lipinski definition) is 0. The first kappa shape index (κ1) is 16.3. The molecule has 0 fully saturated rings. The fraction of sp³-hybridized carbons (Fsp3) is 0.222. The molecule has 0 N–H and O–H groups in total. The standard InChI is InChI=1S/C18H17F2N3O/c1-12-15-5-3-4-6-16(15)18(24)23(21-12)11-22(2)10-13-7-8-14(19)9-17(13)20/h3-9H,10-11H2,1-2H3. The lowest BCUT2D eigenvalue weighted by Gasteiger charge is -2.18. The van der Waals surface area contributed by atoms with Crippen molar-refractivity contribution in [2.24, 2.45) is 0 Å². The SMILES string of the molecule is Cc1nn(CN(C)Cc2ccc(F)cc2F)c(=O)c2ccccc12. The van der Waals surface area contributed by atoms with Gasteiger partial charge in [-0.05, 0) is 26.1 Å². The van der Waals surface area contributed by atoms with E-state index in [1.165, 1.54) is 16.8 Å². The number of hydrogen-bond acceptors (Lipinski definition) is 3. The number of aromatic nitrogens is 2. The lowest BCUT2D eigenvalue weighted by molar-refractivity contribution is 0.237. The van der Waals surface area contributed by atoms with Gasteiger partial charge in [-0.2, -0.15) is 5.10 Å². The maximum absolute atomic E-state index is 13.8. The van der Waals surface area contributed by atoms with Crippen molar-refractivity contribution in [3.63, 3.8) is 0 Å². The van der Waals surface area contributed by atoms with Crippen molar-refractivity contribution in [3.05, 3.63) is 75.7 Å². The predicted octanol–water partition coefficient (Wildman–Crippen LogP) is 3.07. The van der Waals surface area contributed by atoms with E-state index in [1.54, 1.807) is 18.0 Å². The van der Waals surface area contributed by atoms with Crippen molar-refractivity contribution in [1.29, 1.82) is 0 Å². The molecule has 0 aliphatic heterocycles. The van der Waals surface area contributed by atoms with Crippen LogP contribution in [0, 0.1) is 18.6 Å². The number of nitrogens with zero attached hydrogens (tertiary/aromatic N) is 3. The molecule has 6 heteroatoms. The summed E-state index contributed by atoms with van der Waals surface area (Å²) < 4.78 is 28.1. The normalized spacial score (nSPS) is 11.4. The summed E-state index contributed by atoms with van der Waals surface area (Å²) in [6.07, 6.45) is 0. The molecule has 0 unspecified atom stereocenters. The molecular formula is C18H17F2N3O. The van der Waals surface area contributed by atoms with Crippen LogP contribution in [0.15, 0.2) is 47.3 Å². The molecule has 124 valence electrons. The van der Waals surface area contributed by atoms with Gasteiger partial charge in [0.1, 0.15) is 11.6 Å². The minimum atomic E-state index is -0.609.